The van der Waals surface area contributed by atoms with Crippen molar-refractivity contribution >= 4 is 17.8 Å². The number of carbonyl (C=O) groups is 3. The van der Waals surface area contributed by atoms with E-state index in [1.54, 1.807) is 30.9 Å². The van der Waals surface area contributed by atoms with E-state index < -0.39 is 17.6 Å². The fourth-order valence-electron chi connectivity index (χ4n) is 4.52. The molecular formula is C29H38FN3O5. The van der Waals surface area contributed by atoms with Crippen LogP contribution in [-0.4, -0.2) is 65.4 Å². The molecule has 0 spiro atoms. The Morgan fingerprint density at radius 1 is 1.08 bits per heavy atom. The number of rotatable bonds is 7. The Balaban J connectivity index is 1.89. The van der Waals surface area contributed by atoms with Gasteiger partial charge in [0, 0.05) is 37.8 Å². The number of carbonyl (C=O) groups excluding carboxylic acids is 3. The van der Waals surface area contributed by atoms with Crippen molar-refractivity contribution in [2.45, 2.75) is 66.2 Å². The number of primary amides is 1. The minimum atomic E-state index is -0.634. The summed E-state index contributed by atoms with van der Waals surface area (Å²) in [5, 5.41) is 0. The van der Waals surface area contributed by atoms with Crippen LogP contribution in [0.2, 0.25) is 0 Å². The lowest BCUT2D eigenvalue weighted by Gasteiger charge is -2.41. The van der Waals surface area contributed by atoms with Crippen LogP contribution in [0.4, 0.5) is 9.18 Å². The number of amides is 2. The van der Waals surface area contributed by atoms with Gasteiger partial charge in [-0.05, 0) is 83.4 Å². The normalized spacial score (nSPS) is 17.2. The van der Waals surface area contributed by atoms with Gasteiger partial charge in [0.1, 0.15) is 23.3 Å². The predicted octanol–water partition coefficient (Wildman–Crippen LogP) is 4.81. The van der Waals surface area contributed by atoms with Crippen molar-refractivity contribution in [3.05, 3.63) is 64.0 Å². The van der Waals surface area contributed by atoms with Crippen LogP contribution in [0.1, 0.15) is 78.1 Å². The highest BCUT2D eigenvalue weighted by Gasteiger charge is 2.32. The van der Waals surface area contributed by atoms with E-state index in [-0.39, 0.29) is 34.9 Å². The largest absolute Gasteiger partial charge is 0.484 e. The molecule has 2 amide bonds. The quantitative estimate of drug-likeness (QED) is 0.519. The first-order valence-electron chi connectivity index (χ1n) is 12.8. The van der Waals surface area contributed by atoms with Gasteiger partial charge >= 0.3 is 6.09 Å². The lowest BCUT2D eigenvalue weighted by Crippen LogP contribution is -2.55. The molecule has 2 atom stereocenters. The van der Waals surface area contributed by atoms with E-state index in [0.29, 0.717) is 48.6 Å². The first-order chi connectivity index (χ1) is 17.7. The van der Waals surface area contributed by atoms with Crippen molar-refractivity contribution < 1.29 is 28.2 Å². The van der Waals surface area contributed by atoms with Gasteiger partial charge in [-0.1, -0.05) is 12.1 Å². The van der Waals surface area contributed by atoms with E-state index >= 15 is 0 Å². The summed E-state index contributed by atoms with van der Waals surface area (Å²) in [6.07, 6.45) is -0.975. The molecule has 0 aromatic heterocycles. The van der Waals surface area contributed by atoms with Gasteiger partial charge < -0.3 is 20.1 Å². The number of piperazine rings is 1. The van der Waals surface area contributed by atoms with Gasteiger partial charge in [-0.15, -0.1) is 0 Å². The first kappa shape index (κ1) is 29.1. The molecule has 2 aromatic rings. The summed E-state index contributed by atoms with van der Waals surface area (Å²) in [5.41, 5.74) is 7.07. The maximum atomic E-state index is 14.6. The molecule has 1 aliphatic rings. The van der Waals surface area contributed by atoms with Crippen LogP contribution in [0.3, 0.4) is 0 Å². The Morgan fingerprint density at radius 3 is 2.32 bits per heavy atom. The van der Waals surface area contributed by atoms with Gasteiger partial charge in [0.25, 0.3) is 0 Å². The van der Waals surface area contributed by atoms with Crippen LogP contribution < -0.4 is 10.5 Å². The van der Waals surface area contributed by atoms with Gasteiger partial charge in [-0.2, -0.15) is 0 Å². The van der Waals surface area contributed by atoms with Crippen LogP contribution in [0.5, 0.6) is 5.75 Å². The number of nitrogens with two attached hydrogens (primary N) is 1. The zero-order valence-electron chi connectivity index (χ0n) is 23.3. The van der Waals surface area contributed by atoms with Crippen LogP contribution in [0, 0.1) is 19.7 Å². The molecule has 206 valence electrons. The monoisotopic (exact) mass is 527 g/mol. The van der Waals surface area contributed by atoms with Crippen LogP contribution >= 0.6 is 0 Å². The molecule has 0 unspecified atom stereocenters. The van der Waals surface area contributed by atoms with Crippen molar-refractivity contribution in [2.75, 3.05) is 26.2 Å². The number of nitrogens with zero attached hydrogens (tertiary/aromatic N) is 2. The molecule has 1 aliphatic heterocycles. The summed E-state index contributed by atoms with van der Waals surface area (Å²) in [5.74, 6) is -0.973. The van der Waals surface area contributed by atoms with Gasteiger partial charge in [-0.25, -0.2) is 9.18 Å². The first-order valence-corrected chi connectivity index (χ1v) is 12.8. The zero-order valence-corrected chi connectivity index (χ0v) is 23.3. The SMILES string of the molecule is CC(=O)c1cc(C(N)=O)c(C)cc1O[C@H](CN1CCN(C(=O)OC(C)(C)C)[C@H](C)C1)c1ccc(C)c(F)c1. The second-order valence-corrected chi connectivity index (χ2v) is 11.0. The molecule has 0 aliphatic carbocycles. The number of ketones is 1. The molecule has 0 saturated carbocycles. The molecule has 0 radical (unpaired) electrons. The van der Waals surface area contributed by atoms with Gasteiger partial charge in [-0.3, -0.25) is 14.5 Å². The molecular weight excluding hydrogens is 489 g/mol. The number of hydrogen-bond donors (Lipinski definition) is 1. The average Bonchev–Trinajstić information content (AvgIpc) is 2.79. The highest BCUT2D eigenvalue weighted by atomic mass is 19.1. The molecule has 0 bridgehead atoms. The van der Waals surface area contributed by atoms with E-state index in [4.69, 9.17) is 15.2 Å². The summed E-state index contributed by atoms with van der Waals surface area (Å²) in [4.78, 5) is 40.8. The fraction of sp³-hybridized carbons (Fsp3) is 0.483. The molecule has 2 N–H and O–H groups in total. The van der Waals surface area contributed by atoms with Gasteiger partial charge in [0.2, 0.25) is 5.91 Å². The average molecular weight is 528 g/mol. The highest BCUT2D eigenvalue weighted by Crippen LogP contribution is 2.31. The van der Waals surface area contributed by atoms with Crippen molar-refractivity contribution in [3.8, 4) is 5.75 Å². The van der Waals surface area contributed by atoms with Crippen molar-refractivity contribution in [1.82, 2.24) is 9.80 Å². The molecule has 1 fully saturated rings. The molecule has 1 heterocycles. The van der Waals surface area contributed by atoms with E-state index in [2.05, 4.69) is 4.90 Å². The summed E-state index contributed by atoms with van der Waals surface area (Å²) < 4.78 is 26.5. The van der Waals surface area contributed by atoms with E-state index in [0.717, 1.165) is 0 Å². The lowest BCUT2D eigenvalue weighted by molar-refractivity contribution is -0.00300. The van der Waals surface area contributed by atoms with E-state index in [1.165, 1.54) is 19.1 Å². The molecule has 1 saturated heterocycles. The summed E-state index contributed by atoms with van der Waals surface area (Å²) in [6, 6.07) is 7.90. The number of ether oxygens (including phenoxy) is 2. The zero-order chi connectivity index (χ0) is 28.4. The number of halogens is 1. The smallest absolute Gasteiger partial charge is 0.410 e. The number of hydrogen-bond acceptors (Lipinski definition) is 6. The Bertz CT molecular complexity index is 1220. The highest BCUT2D eigenvalue weighted by molar-refractivity contribution is 6.01. The Labute approximate surface area is 223 Å². The molecule has 3 rings (SSSR count). The van der Waals surface area contributed by atoms with Crippen molar-refractivity contribution in [1.29, 1.82) is 0 Å². The summed E-state index contributed by atoms with van der Waals surface area (Å²) >= 11 is 0. The van der Waals surface area contributed by atoms with E-state index in [9.17, 15) is 18.8 Å². The Kier molecular flexibility index (Phi) is 8.82. The fourth-order valence-corrected chi connectivity index (χ4v) is 4.52. The van der Waals surface area contributed by atoms with Crippen LogP contribution in [-0.2, 0) is 4.74 Å². The van der Waals surface area contributed by atoms with Crippen molar-refractivity contribution in [3.63, 3.8) is 0 Å². The number of benzene rings is 2. The minimum Gasteiger partial charge on any atom is -0.484 e. The third-order valence-corrected chi connectivity index (χ3v) is 6.57. The topological polar surface area (TPSA) is 102 Å². The summed E-state index contributed by atoms with van der Waals surface area (Å²) in [6.45, 7) is 14.2. The van der Waals surface area contributed by atoms with Gasteiger partial charge in [0.15, 0.2) is 5.78 Å². The Hall–Kier alpha value is -3.46. The third kappa shape index (κ3) is 7.10. The molecule has 8 nitrogen and oxygen atoms in total. The number of aryl methyl sites for hydroxylation is 2. The van der Waals surface area contributed by atoms with Gasteiger partial charge in [0.05, 0.1) is 5.56 Å². The Morgan fingerprint density at radius 2 is 1.76 bits per heavy atom. The number of Topliss-reactive ketones (excluding diaryl/α,β-unsaturated/α-hetero) is 1. The maximum Gasteiger partial charge on any atom is 0.410 e. The standard InChI is InChI=1S/C29H38FN3O5/c1-17-8-9-21(13-24(17)30)26(37-25-12-18(2)22(27(31)35)14-23(25)20(4)34)16-32-10-11-33(19(3)15-32)28(36)38-29(5,6)7/h8-9,12-14,19,26H,10-11,15-16H2,1-7H3,(H2,31,35)/t19-,26-/m1/s1. The molecule has 2 aromatic carbocycles. The maximum absolute atomic E-state index is 14.6. The molecule has 9 heteroatoms. The van der Waals surface area contributed by atoms with E-state index in [1.807, 2.05) is 33.8 Å². The van der Waals surface area contributed by atoms with Crippen LogP contribution in [0.25, 0.3) is 0 Å². The predicted molar refractivity (Wildman–Crippen MR) is 143 cm³/mol. The third-order valence-electron chi connectivity index (χ3n) is 6.57. The lowest BCUT2D eigenvalue weighted by atomic mass is 10.0. The summed E-state index contributed by atoms with van der Waals surface area (Å²) in [7, 11) is 0. The second kappa shape index (κ2) is 11.5. The second-order valence-electron chi connectivity index (χ2n) is 11.0. The van der Waals surface area contributed by atoms with Crippen molar-refractivity contribution in [2.24, 2.45) is 5.73 Å². The minimum absolute atomic E-state index is 0.112. The van der Waals surface area contributed by atoms with Crippen LogP contribution in [0.15, 0.2) is 30.3 Å². The molecule has 38 heavy (non-hydrogen) atoms.